The van der Waals surface area contributed by atoms with Crippen LogP contribution in [0.15, 0.2) is 41.1 Å². The average molecular weight is 1400 g/mol. The first-order valence-corrected chi connectivity index (χ1v) is 31.7. The number of methoxy groups -OCH3 is 2. The molecule has 0 aliphatic carbocycles. The Hall–Kier alpha value is -8.53. The molecule has 2 saturated heterocycles. The molecule has 4 heterocycles. The number of carbonyl (C=O) groups excluding carboxylic acids is 10. The second-order valence-electron chi connectivity index (χ2n) is 24.1. The predicted molar refractivity (Wildman–Crippen MR) is 340 cm³/mol. The van der Waals surface area contributed by atoms with Gasteiger partial charge in [0.1, 0.15) is 74.2 Å². The standard InChI is InChI=1S/C63H96N8O27/c1-14-22-84-26-28-87-30-31-88-29-27-85-23-17-50(75)71(20-16-15-18-64-48(73)36-89-53(46-34-91-60(80)95-46)52-38(2)42(32-44(93-52)56(76)82-12)66-39(3)68-58(78)97-62(6,7)8)21-25-86-24-19-65-49(74)37-90-54(47-35-92-61(81)96-47)55-51(70-41(5)72)43(33-45(94-55)57(77)83-13)67-40(4)69-59(79)98-63(9,10)11/h1,32-33,38,42-43,46-47,51-55,67H,4,15-31,34-37H2,2-3,5-13H3,(H,64,73)(H,65,74)(H,69,79)(H,70,72)(H,66,68,78)/t38-,42+,43+,46-,47-,51-,52-,53-,54-,55-/m1/s1. The largest absolute Gasteiger partial charge is 0.508 e. The van der Waals surface area contributed by atoms with Crippen LogP contribution in [0.4, 0.5) is 19.2 Å². The lowest BCUT2D eigenvalue weighted by Gasteiger charge is -2.41. The molecular formula is C63H96N8O27. The molecule has 35 heteroatoms. The van der Waals surface area contributed by atoms with Crippen molar-refractivity contribution in [2.24, 2.45) is 10.9 Å². The third-order valence-electron chi connectivity index (χ3n) is 13.9. The van der Waals surface area contributed by atoms with Crippen LogP contribution in [0, 0.1) is 18.3 Å². The lowest BCUT2D eigenvalue weighted by Crippen LogP contribution is -2.64. The van der Waals surface area contributed by atoms with Crippen LogP contribution in [0.1, 0.15) is 81.6 Å². The van der Waals surface area contributed by atoms with Crippen LogP contribution >= 0.6 is 0 Å². The topological polar surface area (TPSA) is 415 Å². The molecule has 0 unspecified atom stereocenters. The Labute approximate surface area is 569 Å². The van der Waals surface area contributed by atoms with Gasteiger partial charge in [-0.25, -0.2) is 28.8 Å². The van der Waals surface area contributed by atoms with Crippen molar-refractivity contribution >= 4 is 65.9 Å². The van der Waals surface area contributed by atoms with Crippen LogP contribution in [0.3, 0.4) is 0 Å². The van der Waals surface area contributed by atoms with Crippen molar-refractivity contribution in [3.63, 3.8) is 0 Å². The molecule has 4 aliphatic rings. The van der Waals surface area contributed by atoms with Gasteiger partial charge in [0.15, 0.2) is 18.3 Å². The second kappa shape index (κ2) is 42.3. The molecule has 0 aromatic rings. The van der Waals surface area contributed by atoms with E-state index in [-0.39, 0.29) is 115 Å². The number of nitrogens with zero attached hydrogens (tertiary/aromatic N) is 2. The van der Waals surface area contributed by atoms with Crippen molar-refractivity contribution in [1.82, 2.24) is 36.8 Å². The van der Waals surface area contributed by atoms with Crippen molar-refractivity contribution in [3.05, 3.63) is 36.1 Å². The molecular weight excluding hydrogens is 1300 g/mol. The van der Waals surface area contributed by atoms with Crippen molar-refractivity contribution in [2.45, 2.75) is 148 Å². The van der Waals surface area contributed by atoms with Gasteiger partial charge >= 0.3 is 36.4 Å². The Kier molecular flexibility index (Phi) is 35.4. The second-order valence-corrected chi connectivity index (χ2v) is 24.1. The van der Waals surface area contributed by atoms with Crippen LogP contribution in [0.5, 0.6) is 0 Å². The Morgan fingerprint density at radius 2 is 1.16 bits per heavy atom. The molecule has 4 aliphatic heterocycles. The highest BCUT2D eigenvalue weighted by molar-refractivity contribution is 5.94. The molecule has 2 fully saturated rings. The molecule has 10 atom stereocenters. The predicted octanol–water partition coefficient (Wildman–Crippen LogP) is 1.09. The number of ether oxygens (including phenoxy) is 17. The maximum Gasteiger partial charge on any atom is 0.508 e. The maximum atomic E-state index is 13.7. The minimum atomic E-state index is -1.40. The summed E-state index contributed by atoms with van der Waals surface area (Å²) in [6, 6.07) is -3.08. The summed E-state index contributed by atoms with van der Waals surface area (Å²) in [6.45, 7) is 19.0. The van der Waals surface area contributed by atoms with Gasteiger partial charge in [0, 0.05) is 39.0 Å². The monoisotopic (exact) mass is 1400 g/mol. The van der Waals surface area contributed by atoms with E-state index < -0.39 is 139 Å². The van der Waals surface area contributed by atoms with Gasteiger partial charge in [-0.05, 0) is 73.5 Å². The van der Waals surface area contributed by atoms with Crippen LogP contribution in [0.25, 0.3) is 0 Å². The molecule has 6 N–H and O–H groups in total. The lowest BCUT2D eigenvalue weighted by atomic mass is 9.87. The molecule has 0 bridgehead atoms. The summed E-state index contributed by atoms with van der Waals surface area (Å²) in [4.78, 5) is 135. The number of unbranched alkanes of at least 4 members (excludes halogenated alkanes) is 1. The fourth-order valence-corrected chi connectivity index (χ4v) is 9.61. The third-order valence-corrected chi connectivity index (χ3v) is 13.9. The van der Waals surface area contributed by atoms with E-state index in [1.165, 1.54) is 26.0 Å². The molecule has 0 aromatic heterocycles. The highest BCUT2D eigenvalue weighted by Crippen LogP contribution is 2.33. The molecule has 0 spiro atoms. The van der Waals surface area contributed by atoms with Crippen LogP contribution < -0.4 is 31.9 Å². The van der Waals surface area contributed by atoms with Gasteiger partial charge < -0.3 is 107 Å². The summed E-state index contributed by atoms with van der Waals surface area (Å²) >= 11 is 0. The molecule has 35 nitrogen and oxygen atoms in total. The van der Waals surface area contributed by atoms with Gasteiger partial charge in [-0.2, -0.15) is 0 Å². The Morgan fingerprint density at radius 1 is 0.653 bits per heavy atom. The Morgan fingerprint density at radius 3 is 1.69 bits per heavy atom. The van der Waals surface area contributed by atoms with E-state index in [4.69, 9.17) is 87.0 Å². The molecule has 550 valence electrons. The number of carbonyl (C=O) groups is 10. The first kappa shape index (κ1) is 81.9. The van der Waals surface area contributed by atoms with Crippen molar-refractivity contribution in [2.75, 3.05) is 133 Å². The third kappa shape index (κ3) is 30.9. The van der Waals surface area contributed by atoms with Gasteiger partial charge in [-0.15, -0.1) is 6.42 Å². The van der Waals surface area contributed by atoms with E-state index in [1.807, 2.05) is 0 Å². The Bertz CT molecular complexity index is 2820. The van der Waals surface area contributed by atoms with Crippen molar-refractivity contribution in [1.29, 1.82) is 0 Å². The number of amidine groups is 1. The van der Waals surface area contributed by atoms with Gasteiger partial charge in [-0.1, -0.05) is 19.4 Å². The summed E-state index contributed by atoms with van der Waals surface area (Å²) < 4.78 is 93.3. The number of nitrogens with one attached hydrogen (secondary N) is 6. The van der Waals surface area contributed by atoms with E-state index in [0.29, 0.717) is 39.3 Å². The van der Waals surface area contributed by atoms with E-state index in [9.17, 15) is 47.9 Å². The summed E-state index contributed by atoms with van der Waals surface area (Å²) in [5.74, 6) is -2.69. The minimum Gasteiger partial charge on any atom is -0.480 e. The maximum absolute atomic E-state index is 13.7. The summed E-state index contributed by atoms with van der Waals surface area (Å²) in [5.41, 5.74) is -1.66. The molecule has 0 aromatic carbocycles. The molecule has 0 saturated carbocycles. The lowest BCUT2D eigenvalue weighted by molar-refractivity contribution is -0.156. The molecule has 6 amide bonds. The van der Waals surface area contributed by atoms with Gasteiger partial charge in [0.25, 0.3) is 0 Å². The van der Waals surface area contributed by atoms with Crippen molar-refractivity contribution < 1.29 is 128 Å². The SMILES string of the molecule is C#CCOCCOCCOCCOCCC(=O)N(CCCCNC(=O)CO[C@@H]([C@@H]1OC(C(=O)OC)=C[C@H](N=C(C)NC(=O)OC(C)(C)C)[C@H]1C)[C@H]1COC(=O)O1)CCOCCNC(=O)CO[C@@H]([C@@H]1OC(C(=O)OC)=C[C@H](NC(=C)NC(=O)OC(C)(C)C)[C@H]1NC(C)=O)[C@H]1COC(=O)O1. The minimum absolute atomic E-state index is 0.00597. The van der Waals surface area contributed by atoms with Gasteiger partial charge in [-0.3, -0.25) is 34.8 Å². The molecule has 98 heavy (non-hydrogen) atoms. The number of amides is 6. The van der Waals surface area contributed by atoms with Crippen LogP contribution in [0.2, 0.25) is 0 Å². The normalized spacial score (nSPS) is 21.1. The summed E-state index contributed by atoms with van der Waals surface area (Å²) in [5, 5.41) is 16.1. The fraction of sp³-hybridized carbons (Fsp3) is 0.698. The number of hydrogen-bond acceptors (Lipinski definition) is 29. The smallest absolute Gasteiger partial charge is 0.480 e. The number of rotatable bonds is 41. The quantitative estimate of drug-likeness (QED) is 0.0125. The number of terminal acetylenes is 1. The zero-order chi connectivity index (χ0) is 72.4. The molecule has 4 rings (SSSR count). The average Bonchev–Trinajstić information content (AvgIpc) is 1.17. The van der Waals surface area contributed by atoms with E-state index in [0.717, 1.165) is 14.2 Å². The van der Waals surface area contributed by atoms with Gasteiger partial charge in [0.2, 0.25) is 35.1 Å². The zero-order valence-corrected chi connectivity index (χ0v) is 57.5. The van der Waals surface area contributed by atoms with Crippen LogP contribution in [-0.2, 0) is 109 Å². The van der Waals surface area contributed by atoms with E-state index >= 15 is 0 Å². The first-order valence-electron chi connectivity index (χ1n) is 31.7. The van der Waals surface area contributed by atoms with Crippen molar-refractivity contribution in [3.8, 4) is 12.3 Å². The van der Waals surface area contributed by atoms with E-state index in [2.05, 4.69) is 49.4 Å². The number of aliphatic imine (C=N–C) groups is 1. The van der Waals surface area contributed by atoms with E-state index in [1.54, 1.807) is 53.4 Å². The highest BCUT2D eigenvalue weighted by atomic mass is 16.8. The van der Waals surface area contributed by atoms with Crippen LogP contribution in [-0.4, -0.2) is 270 Å². The summed E-state index contributed by atoms with van der Waals surface area (Å²) in [6.07, 6.45) is -2.39. The number of cyclic esters (lactones) is 4. The number of hydrogen-bond donors (Lipinski definition) is 6. The summed E-state index contributed by atoms with van der Waals surface area (Å²) in [7, 11) is 2.25. The Balaban J connectivity index is 1.36. The first-order chi connectivity index (χ1) is 46.5. The fourth-order valence-electron chi connectivity index (χ4n) is 9.61. The van der Waals surface area contributed by atoms with Gasteiger partial charge in [0.05, 0.1) is 98.2 Å². The highest BCUT2D eigenvalue weighted by Gasteiger charge is 2.50. The number of esters is 2. The number of alkyl carbamates (subject to hydrolysis) is 2. The molecule has 0 radical (unpaired) electrons. The zero-order valence-electron chi connectivity index (χ0n) is 57.5.